The Morgan fingerprint density at radius 1 is 0.929 bits per heavy atom. The van der Waals surface area contributed by atoms with Gasteiger partial charge in [0.2, 0.25) is 15.9 Å². The molecule has 28 heavy (non-hydrogen) atoms. The number of hydrogen-bond donors (Lipinski definition) is 1. The zero-order valence-corrected chi connectivity index (χ0v) is 18.3. The summed E-state index contributed by atoms with van der Waals surface area (Å²) >= 11 is 0. The summed E-state index contributed by atoms with van der Waals surface area (Å²) in [7, 11) is -0.823. The molecular weight excluding hydrogens is 376 g/mol. The van der Waals surface area contributed by atoms with E-state index in [-0.39, 0.29) is 11.4 Å². The molecular formula is C21H28N2O4S. The maximum atomic E-state index is 13.2. The monoisotopic (exact) mass is 404 g/mol. The average molecular weight is 405 g/mol. The lowest BCUT2D eigenvalue weighted by atomic mass is 9.95. The van der Waals surface area contributed by atoms with E-state index in [1.165, 1.54) is 7.05 Å². The van der Waals surface area contributed by atoms with Gasteiger partial charge in [0, 0.05) is 12.7 Å². The quantitative estimate of drug-likeness (QED) is 0.800. The van der Waals surface area contributed by atoms with Crippen molar-refractivity contribution in [1.82, 2.24) is 4.31 Å². The minimum Gasteiger partial charge on any atom is -0.497 e. The van der Waals surface area contributed by atoms with E-state index in [0.29, 0.717) is 11.4 Å². The third kappa shape index (κ3) is 4.20. The van der Waals surface area contributed by atoms with Gasteiger partial charge < -0.3 is 10.1 Å². The molecule has 1 amide bonds. The van der Waals surface area contributed by atoms with Crippen LogP contribution in [0.3, 0.4) is 0 Å². The predicted molar refractivity (Wildman–Crippen MR) is 112 cm³/mol. The molecule has 0 spiro atoms. The van der Waals surface area contributed by atoms with Crippen molar-refractivity contribution in [3.05, 3.63) is 52.1 Å². The second kappa shape index (κ2) is 8.32. The van der Waals surface area contributed by atoms with E-state index in [4.69, 9.17) is 4.74 Å². The highest BCUT2D eigenvalue weighted by molar-refractivity contribution is 7.89. The summed E-state index contributed by atoms with van der Waals surface area (Å²) < 4.78 is 32.6. The number of sulfonamides is 1. The minimum atomic E-state index is -3.81. The molecule has 7 heteroatoms. The van der Waals surface area contributed by atoms with Gasteiger partial charge >= 0.3 is 0 Å². The predicted octanol–water partition coefficient (Wildman–Crippen LogP) is 3.50. The number of hydrogen-bond acceptors (Lipinski definition) is 4. The largest absolute Gasteiger partial charge is 0.497 e. The van der Waals surface area contributed by atoms with Gasteiger partial charge in [-0.3, -0.25) is 4.79 Å². The van der Waals surface area contributed by atoms with Crippen LogP contribution in [0.4, 0.5) is 5.69 Å². The highest BCUT2D eigenvalue weighted by atomic mass is 32.2. The zero-order chi connectivity index (χ0) is 21.2. The van der Waals surface area contributed by atoms with Gasteiger partial charge in [-0.05, 0) is 86.7 Å². The van der Waals surface area contributed by atoms with Crippen molar-refractivity contribution < 1.29 is 17.9 Å². The summed E-state index contributed by atoms with van der Waals surface area (Å²) in [6.07, 6.45) is 0. The lowest BCUT2D eigenvalue weighted by Crippen LogP contribution is -2.35. The Bertz CT molecular complexity index is 967. The van der Waals surface area contributed by atoms with Crippen LogP contribution < -0.4 is 10.1 Å². The Morgan fingerprint density at radius 3 is 1.86 bits per heavy atom. The maximum Gasteiger partial charge on any atom is 0.243 e. The van der Waals surface area contributed by atoms with Gasteiger partial charge in [-0.2, -0.15) is 4.31 Å². The van der Waals surface area contributed by atoms with Crippen LogP contribution in [0.25, 0.3) is 0 Å². The molecule has 0 aromatic heterocycles. The Hall–Kier alpha value is -2.38. The maximum absolute atomic E-state index is 13.2. The zero-order valence-electron chi connectivity index (χ0n) is 17.5. The number of methoxy groups -OCH3 is 1. The van der Waals surface area contributed by atoms with Gasteiger partial charge in [-0.1, -0.05) is 0 Å². The van der Waals surface area contributed by atoms with E-state index in [1.54, 1.807) is 31.4 Å². The molecule has 0 bridgehead atoms. The van der Waals surface area contributed by atoms with Crippen LogP contribution in [0.15, 0.2) is 29.2 Å². The topological polar surface area (TPSA) is 75.7 Å². The Kier molecular flexibility index (Phi) is 6.52. The van der Waals surface area contributed by atoms with Crippen LogP contribution in [0.1, 0.15) is 27.8 Å². The fourth-order valence-corrected chi connectivity index (χ4v) is 4.85. The van der Waals surface area contributed by atoms with Crippen molar-refractivity contribution in [2.24, 2.45) is 0 Å². The molecule has 0 aliphatic heterocycles. The van der Waals surface area contributed by atoms with Crippen molar-refractivity contribution in [3.8, 4) is 5.75 Å². The summed E-state index contributed by atoms with van der Waals surface area (Å²) in [4.78, 5) is 12.6. The minimum absolute atomic E-state index is 0.279. The van der Waals surface area contributed by atoms with E-state index in [9.17, 15) is 13.2 Å². The summed E-state index contributed by atoms with van der Waals surface area (Å²) in [5.74, 6) is 0.265. The van der Waals surface area contributed by atoms with Crippen LogP contribution in [-0.2, 0) is 14.8 Å². The van der Waals surface area contributed by atoms with Crippen molar-refractivity contribution in [3.63, 3.8) is 0 Å². The molecule has 0 unspecified atom stereocenters. The fourth-order valence-electron chi connectivity index (χ4n) is 3.17. The van der Waals surface area contributed by atoms with Gasteiger partial charge in [-0.25, -0.2) is 8.42 Å². The first-order valence-corrected chi connectivity index (χ1v) is 10.4. The van der Waals surface area contributed by atoms with Gasteiger partial charge in [0.25, 0.3) is 0 Å². The summed E-state index contributed by atoms with van der Waals surface area (Å²) in [6, 6.07) is 6.85. The van der Waals surface area contributed by atoms with Gasteiger partial charge in [0.15, 0.2) is 0 Å². The lowest BCUT2D eigenvalue weighted by molar-refractivity contribution is -0.116. The number of carbonyl (C=O) groups is 1. The van der Waals surface area contributed by atoms with Gasteiger partial charge in [0.1, 0.15) is 5.75 Å². The van der Waals surface area contributed by atoms with Crippen molar-refractivity contribution in [2.45, 2.75) is 39.5 Å². The molecule has 0 radical (unpaired) electrons. The van der Waals surface area contributed by atoms with Gasteiger partial charge in [0.05, 0.1) is 18.6 Å². The third-order valence-corrected chi connectivity index (χ3v) is 7.42. The van der Waals surface area contributed by atoms with Crippen LogP contribution in [0.2, 0.25) is 0 Å². The fraction of sp³-hybridized carbons (Fsp3) is 0.381. The third-order valence-electron chi connectivity index (χ3n) is 5.34. The van der Waals surface area contributed by atoms with Crippen molar-refractivity contribution in [2.75, 3.05) is 26.0 Å². The number of nitrogens with zero attached hydrogens (tertiary/aromatic N) is 1. The first kappa shape index (κ1) is 21.9. The normalized spacial score (nSPS) is 11.6. The SMILES string of the molecule is COc1ccc(NC(=O)CN(C)S(=O)(=O)c2c(C)c(C)c(C)c(C)c2C)cc1. The number of benzene rings is 2. The Labute approximate surface area is 167 Å². The molecule has 0 fully saturated rings. The molecule has 0 heterocycles. The Morgan fingerprint density at radius 2 is 1.39 bits per heavy atom. The number of likely N-dealkylation sites (N-methyl/N-ethyl adjacent to an activating group) is 1. The summed E-state index contributed by atoms with van der Waals surface area (Å²) in [5.41, 5.74) is 5.03. The second-order valence-corrected chi connectivity index (χ2v) is 8.97. The van der Waals surface area contributed by atoms with E-state index >= 15 is 0 Å². The first-order chi connectivity index (χ1) is 13.0. The molecule has 0 aliphatic rings. The smallest absolute Gasteiger partial charge is 0.243 e. The first-order valence-electron chi connectivity index (χ1n) is 8.97. The second-order valence-electron chi connectivity index (χ2n) is 6.99. The number of rotatable bonds is 6. The summed E-state index contributed by atoms with van der Waals surface area (Å²) in [5, 5.41) is 2.71. The molecule has 0 atom stereocenters. The average Bonchev–Trinajstić information content (AvgIpc) is 2.65. The van der Waals surface area contributed by atoms with Crippen LogP contribution in [0, 0.1) is 34.6 Å². The number of ether oxygens (including phenoxy) is 1. The van der Waals surface area contributed by atoms with Crippen LogP contribution in [-0.4, -0.2) is 39.3 Å². The van der Waals surface area contributed by atoms with Crippen molar-refractivity contribution >= 4 is 21.6 Å². The van der Waals surface area contributed by atoms with E-state index in [0.717, 1.165) is 32.1 Å². The molecule has 0 saturated heterocycles. The molecule has 2 aromatic rings. The van der Waals surface area contributed by atoms with E-state index in [2.05, 4.69) is 5.32 Å². The molecule has 0 aliphatic carbocycles. The van der Waals surface area contributed by atoms with Gasteiger partial charge in [-0.15, -0.1) is 0 Å². The Balaban J connectivity index is 2.25. The molecule has 6 nitrogen and oxygen atoms in total. The highest BCUT2D eigenvalue weighted by Gasteiger charge is 2.28. The highest BCUT2D eigenvalue weighted by Crippen LogP contribution is 2.31. The number of nitrogens with one attached hydrogen (secondary N) is 1. The van der Waals surface area contributed by atoms with E-state index in [1.807, 2.05) is 34.6 Å². The van der Waals surface area contributed by atoms with Crippen molar-refractivity contribution in [1.29, 1.82) is 0 Å². The number of carbonyl (C=O) groups excluding carboxylic acids is 1. The van der Waals surface area contributed by atoms with Crippen LogP contribution in [0.5, 0.6) is 5.75 Å². The number of anilines is 1. The lowest BCUT2D eigenvalue weighted by Gasteiger charge is -2.23. The molecule has 152 valence electrons. The molecule has 2 aromatic carbocycles. The van der Waals surface area contributed by atoms with Crippen LogP contribution >= 0.6 is 0 Å². The molecule has 1 N–H and O–H groups in total. The number of amides is 1. The van der Waals surface area contributed by atoms with E-state index < -0.39 is 15.9 Å². The standard InChI is InChI=1S/C21H28N2O4S/c1-13-14(2)16(4)21(17(5)15(13)3)28(25,26)23(6)12-20(24)22-18-8-10-19(27-7)11-9-18/h8-11H,12H2,1-7H3,(H,22,24). The molecule has 0 saturated carbocycles. The molecule has 2 rings (SSSR count). The summed E-state index contributed by atoms with van der Waals surface area (Å²) in [6.45, 7) is 9.19.